The molecule has 0 fully saturated rings. The Balaban J connectivity index is 2.53. The van der Waals surface area contributed by atoms with Gasteiger partial charge in [-0.05, 0) is 19.4 Å². The topological polar surface area (TPSA) is 50.7 Å². The third-order valence-electron chi connectivity index (χ3n) is 3.53. The molecule has 0 heterocycles. The maximum atomic E-state index is 9.33. The monoisotopic (exact) mass is 309 g/mol. The minimum atomic E-state index is -0.353. The Morgan fingerprint density at radius 1 is 1.18 bits per heavy atom. The Bertz CT molecular complexity index is 407. The van der Waals surface area contributed by atoms with Crippen LogP contribution in [0.15, 0.2) is 18.2 Å². The summed E-state index contributed by atoms with van der Waals surface area (Å²) in [5, 5.41) is 12.6. The lowest BCUT2D eigenvalue weighted by Crippen LogP contribution is -2.24. The summed E-state index contributed by atoms with van der Waals surface area (Å²) in [5.74, 6) is 1.59. The number of nitrogens with one attached hydrogen (secondary N) is 1. The van der Waals surface area contributed by atoms with Gasteiger partial charge in [0.25, 0.3) is 0 Å². The van der Waals surface area contributed by atoms with Gasteiger partial charge in [-0.3, -0.25) is 0 Å². The van der Waals surface area contributed by atoms with E-state index in [1.165, 1.54) is 25.7 Å². The number of hydrogen-bond acceptors (Lipinski definition) is 4. The standard InChI is InChI=1S/C18H31NO3/c1-4-5-6-7-8-12-22-18-16(14-19-13-15(2)20)10-9-11-17(18)21-3/h9-11,15,19-20H,4-8,12-14H2,1-3H3. The van der Waals surface area contributed by atoms with Gasteiger partial charge in [-0.25, -0.2) is 0 Å². The number of methoxy groups -OCH3 is 1. The van der Waals surface area contributed by atoms with Crippen molar-refractivity contribution in [1.82, 2.24) is 5.32 Å². The van der Waals surface area contributed by atoms with Crippen LogP contribution in [0.1, 0.15) is 51.5 Å². The molecule has 0 saturated heterocycles. The lowest BCUT2D eigenvalue weighted by atomic mass is 10.1. The predicted octanol–water partition coefficient (Wildman–Crippen LogP) is 3.51. The van der Waals surface area contributed by atoms with Gasteiger partial charge in [0.15, 0.2) is 11.5 Å². The van der Waals surface area contributed by atoms with Crippen LogP contribution in [0.2, 0.25) is 0 Å². The van der Waals surface area contributed by atoms with E-state index in [2.05, 4.69) is 12.2 Å². The molecule has 4 nitrogen and oxygen atoms in total. The first-order valence-corrected chi connectivity index (χ1v) is 8.36. The smallest absolute Gasteiger partial charge is 0.165 e. The lowest BCUT2D eigenvalue weighted by Gasteiger charge is -2.16. The van der Waals surface area contributed by atoms with Gasteiger partial charge in [0.1, 0.15) is 0 Å². The quantitative estimate of drug-likeness (QED) is 0.580. The normalized spacial score (nSPS) is 12.2. The second kappa shape index (κ2) is 11.3. The minimum absolute atomic E-state index is 0.353. The van der Waals surface area contributed by atoms with Crippen molar-refractivity contribution >= 4 is 0 Å². The summed E-state index contributed by atoms with van der Waals surface area (Å²) in [7, 11) is 1.66. The van der Waals surface area contributed by atoms with Crippen molar-refractivity contribution in [3.05, 3.63) is 23.8 Å². The molecule has 0 spiro atoms. The van der Waals surface area contributed by atoms with Gasteiger partial charge >= 0.3 is 0 Å². The average Bonchev–Trinajstić information content (AvgIpc) is 2.51. The number of aliphatic hydroxyl groups excluding tert-OH is 1. The summed E-state index contributed by atoms with van der Waals surface area (Å²) >= 11 is 0. The first-order chi connectivity index (χ1) is 10.7. The van der Waals surface area contributed by atoms with Crippen LogP contribution >= 0.6 is 0 Å². The summed E-state index contributed by atoms with van der Waals surface area (Å²) in [5.41, 5.74) is 1.06. The third-order valence-corrected chi connectivity index (χ3v) is 3.53. The molecule has 126 valence electrons. The molecule has 1 aromatic rings. The molecule has 1 rings (SSSR count). The summed E-state index contributed by atoms with van der Waals surface area (Å²) in [6.07, 6.45) is 5.75. The number of benzene rings is 1. The van der Waals surface area contributed by atoms with Gasteiger partial charge in [-0.15, -0.1) is 0 Å². The molecule has 0 aliphatic rings. The molecular weight excluding hydrogens is 278 g/mol. The van der Waals surface area contributed by atoms with Gasteiger partial charge in [0.05, 0.1) is 19.8 Å². The van der Waals surface area contributed by atoms with Crippen LogP contribution < -0.4 is 14.8 Å². The number of rotatable bonds is 12. The summed E-state index contributed by atoms with van der Waals surface area (Å²) in [6, 6.07) is 5.92. The molecule has 0 aliphatic heterocycles. The molecule has 0 amide bonds. The lowest BCUT2D eigenvalue weighted by molar-refractivity contribution is 0.190. The highest BCUT2D eigenvalue weighted by molar-refractivity contribution is 5.46. The highest BCUT2D eigenvalue weighted by Crippen LogP contribution is 2.31. The summed E-state index contributed by atoms with van der Waals surface area (Å²) < 4.78 is 11.4. The molecule has 0 aliphatic carbocycles. The van der Waals surface area contributed by atoms with E-state index < -0.39 is 0 Å². The largest absolute Gasteiger partial charge is 0.493 e. The average molecular weight is 309 g/mol. The van der Waals surface area contributed by atoms with Gasteiger partial charge in [0, 0.05) is 18.7 Å². The first-order valence-electron chi connectivity index (χ1n) is 8.36. The Morgan fingerprint density at radius 3 is 2.64 bits per heavy atom. The molecule has 22 heavy (non-hydrogen) atoms. The van der Waals surface area contributed by atoms with Gasteiger partial charge < -0.3 is 19.9 Å². The predicted molar refractivity (Wildman–Crippen MR) is 90.6 cm³/mol. The van der Waals surface area contributed by atoms with Crippen LogP contribution in [0.25, 0.3) is 0 Å². The maximum Gasteiger partial charge on any atom is 0.165 e. The Kier molecular flexibility index (Phi) is 9.67. The van der Waals surface area contributed by atoms with Crippen molar-refractivity contribution in [3.63, 3.8) is 0 Å². The zero-order valence-corrected chi connectivity index (χ0v) is 14.2. The number of unbranched alkanes of at least 4 members (excludes halogenated alkanes) is 4. The van der Waals surface area contributed by atoms with Crippen molar-refractivity contribution < 1.29 is 14.6 Å². The van der Waals surface area contributed by atoms with E-state index >= 15 is 0 Å². The highest BCUT2D eigenvalue weighted by Gasteiger charge is 2.10. The number of hydrogen-bond donors (Lipinski definition) is 2. The fourth-order valence-electron chi connectivity index (χ4n) is 2.32. The third kappa shape index (κ3) is 7.14. The van der Waals surface area contributed by atoms with Crippen LogP contribution in [-0.4, -0.2) is 31.5 Å². The van der Waals surface area contributed by atoms with Crippen molar-refractivity contribution in [3.8, 4) is 11.5 Å². The molecule has 0 radical (unpaired) electrons. The maximum absolute atomic E-state index is 9.33. The Morgan fingerprint density at radius 2 is 1.95 bits per heavy atom. The molecule has 0 saturated carbocycles. The number of ether oxygens (including phenoxy) is 2. The summed E-state index contributed by atoms with van der Waals surface area (Å²) in [4.78, 5) is 0. The fraction of sp³-hybridized carbons (Fsp3) is 0.667. The number of para-hydroxylation sites is 1. The van der Waals surface area contributed by atoms with Crippen molar-refractivity contribution in [2.75, 3.05) is 20.3 Å². The van der Waals surface area contributed by atoms with Gasteiger partial charge in [-0.2, -0.15) is 0 Å². The second-order valence-corrected chi connectivity index (χ2v) is 5.69. The molecule has 0 aromatic heterocycles. The zero-order chi connectivity index (χ0) is 16.2. The molecule has 1 atom stereocenters. The van der Waals surface area contributed by atoms with Crippen LogP contribution in [0, 0.1) is 0 Å². The second-order valence-electron chi connectivity index (χ2n) is 5.69. The molecule has 1 aromatic carbocycles. The Labute approximate surface area is 134 Å². The van der Waals surface area contributed by atoms with Crippen LogP contribution in [0.3, 0.4) is 0 Å². The molecule has 4 heteroatoms. The number of aliphatic hydroxyl groups is 1. The van der Waals surface area contributed by atoms with Crippen LogP contribution in [0.5, 0.6) is 11.5 Å². The van der Waals surface area contributed by atoms with Gasteiger partial charge in [0.2, 0.25) is 0 Å². The van der Waals surface area contributed by atoms with Crippen LogP contribution in [0.4, 0.5) is 0 Å². The minimum Gasteiger partial charge on any atom is -0.493 e. The van der Waals surface area contributed by atoms with E-state index in [0.717, 1.165) is 23.5 Å². The summed E-state index contributed by atoms with van der Waals surface area (Å²) in [6.45, 7) is 5.93. The molecular formula is C18H31NO3. The van der Waals surface area contributed by atoms with Crippen molar-refractivity contribution in [2.24, 2.45) is 0 Å². The highest BCUT2D eigenvalue weighted by atomic mass is 16.5. The van der Waals surface area contributed by atoms with E-state index in [0.29, 0.717) is 19.7 Å². The zero-order valence-electron chi connectivity index (χ0n) is 14.2. The van der Waals surface area contributed by atoms with Crippen LogP contribution in [-0.2, 0) is 6.54 Å². The van der Waals surface area contributed by atoms with Crippen molar-refractivity contribution in [2.45, 2.75) is 58.6 Å². The first kappa shape index (κ1) is 18.8. The van der Waals surface area contributed by atoms with Gasteiger partial charge in [-0.1, -0.05) is 44.7 Å². The van der Waals surface area contributed by atoms with E-state index in [1.54, 1.807) is 14.0 Å². The molecule has 0 bridgehead atoms. The molecule has 2 N–H and O–H groups in total. The van der Waals surface area contributed by atoms with Crippen molar-refractivity contribution in [1.29, 1.82) is 0 Å². The SMILES string of the molecule is CCCCCCCOc1c(CNCC(C)O)cccc1OC. The van der Waals surface area contributed by atoms with E-state index in [1.807, 2.05) is 18.2 Å². The van der Waals surface area contributed by atoms with E-state index in [-0.39, 0.29) is 6.10 Å². The van der Waals surface area contributed by atoms with E-state index in [9.17, 15) is 5.11 Å². The van der Waals surface area contributed by atoms with E-state index in [4.69, 9.17) is 9.47 Å². The fourth-order valence-corrected chi connectivity index (χ4v) is 2.32. The Hall–Kier alpha value is -1.26. The molecule has 1 unspecified atom stereocenters.